The Labute approximate surface area is 140 Å². The number of aromatic nitrogens is 4. The van der Waals surface area contributed by atoms with Gasteiger partial charge in [-0.05, 0) is 43.2 Å². The van der Waals surface area contributed by atoms with Gasteiger partial charge in [-0.2, -0.15) is 4.52 Å². The molecule has 0 aliphatic heterocycles. The summed E-state index contributed by atoms with van der Waals surface area (Å²) in [5, 5.41) is 25.8. The predicted molar refractivity (Wildman–Crippen MR) is 92.0 cm³/mol. The Hall–Kier alpha value is -2.67. The molecule has 0 aromatic carbocycles. The largest absolute Gasteiger partial charge is 0.508 e. The van der Waals surface area contributed by atoms with Crippen LogP contribution in [0.4, 0.5) is 5.82 Å². The fourth-order valence-corrected chi connectivity index (χ4v) is 2.54. The van der Waals surface area contributed by atoms with Crippen molar-refractivity contribution in [2.75, 3.05) is 19.0 Å². The molecule has 0 saturated heterocycles. The van der Waals surface area contributed by atoms with Crippen molar-refractivity contribution in [1.82, 2.24) is 19.8 Å². The van der Waals surface area contributed by atoms with Crippen LogP contribution in [0.5, 0.6) is 0 Å². The van der Waals surface area contributed by atoms with Crippen molar-refractivity contribution in [1.29, 1.82) is 0 Å². The van der Waals surface area contributed by atoms with E-state index in [0.29, 0.717) is 25.1 Å². The molecule has 24 heavy (non-hydrogen) atoms. The van der Waals surface area contributed by atoms with E-state index in [9.17, 15) is 5.11 Å². The number of anilines is 1. The minimum atomic E-state index is 0.154. The molecule has 126 valence electrons. The Balaban J connectivity index is 1.81. The molecule has 0 amide bonds. The Morgan fingerprint density at radius 3 is 3.00 bits per heavy atom. The van der Waals surface area contributed by atoms with Gasteiger partial charge >= 0.3 is 0 Å². The van der Waals surface area contributed by atoms with Gasteiger partial charge in [-0.15, -0.1) is 15.3 Å². The highest BCUT2D eigenvalue weighted by molar-refractivity contribution is 5.45. The summed E-state index contributed by atoms with van der Waals surface area (Å²) in [5.74, 6) is 1.78. The van der Waals surface area contributed by atoms with Gasteiger partial charge in [0.05, 0.1) is 6.61 Å². The van der Waals surface area contributed by atoms with Crippen molar-refractivity contribution in [2.45, 2.75) is 25.8 Å². The molecule has 2 N–H and O–H groups in total. The number of rotatable bonds is 6. The van der Waals surface area contributed by atoms with Crippen molar-refractivity contribution in [2.24, 2.45) is 0 Å². The van der Waals surface area contributed by atoms with Gasteiger partial charge in [-0.1, -0.05) is 12.2 Å². The molecule has 7 nitrogen and oxygen atoms in total. The van der Waals surface area contributed by atoms with E-state index in [4.69, 9.17) is 4.74 Å². The number of ether oxygens (including phenoxy) is 1. The second kappa shape index (κ2) is 7.27. The molecule has 7 heteroatoms. The predicted octanol–water partition coefficient (Wildman–Crippen LogP) is 2.44. The Morgan fingerprint density at radius 2 is 2.17 bits per heavy atom. The topological polar surface area (TPSA) is 84.6 Å². The van der Waals surface area contributed by atoms with Gasteiger partial charge in [0.1, 0.15) is 11.6 Å². The number of hydrogen-bond donors (Lipinski definition) is 2. The van der Waals surface area contributed by atoms with Crippen LogP contribution in [0.25, 0.3) is 5.65 Å². The highest BCUT2D eigenvalue weighted by atomic mass is 16.5. The first kappa shape index (κ1) is 16.2. The summed E-state index contributed by atoms with van der Waals surface area (Å²) in [4.78, 5) is 0. The van der Waals surface area contributed by atoms with E-state index in [2.05, 4.69) is 26.7 Å². The number of allylic oxidation sites excluding steroid dienone is 5. The first-order valence-corrected chi connectivity index (χ1v) is 7.89. The van der Waals surface area contributed by atoms with Crippen LogP contribution in [-0.2, 0) is 11.2 Å². The van der Waals surface area contributed by atoms with Crippen LogP contribution < -0.4 is 5.32 Å². The minimum Gasteiger partial charge on any atom is -0.508 e. The quantitative estimate of drug-likeness (QED) is 0.848. The van der Waals surface area contributed by atoms with E-state index < -0.39 is 0 Å². The van der Waals surface area contributed by atoms with Crippen LogP contribution in [0.1, 0.15) is 19.2 Å². The number of methoxy groups -OCH3 is 1. The molecular formula is C17H21N5O2. The maximum absolute atomic E-state index is 9.55. The highest BCUT2D eigenvalue weighted by Crippen LogP contribution is 2.15. The van der Waals surface area contributed by atoms with Gasteiger partial charge in [0.2, 0.25) is 0 Å². The summed E-state index contributed by atoms with van der Waals surface area (Å²) in [6.07, 6.45) is 8.70. The Morgan fingerprint density at radius 1 is 1.29 bits per heavy atom. The number of nitrogens with one attached hydrogen (secondary N) is 1. The summed E-state index contributed by atoms with van der Waals surface area (Å²) < 4.78 is 6.88. The molecule has 2 heterocycles. The molecule has 1 atom stereocenters. The maximum atomic E-state index is 9.55. The average Bonchev–Trinajstić information content (AvgIpc) is 2.82. The first-order valence-electron chi connectivity index (χ1n) is 7.89. The third kappa shape index (κ3) is 3.80. The van der Waals surface area contributed by atoms with Crippen molar-refractivity contribution < 1.29 is 9.84 Å². The number of hydrogen-bond acceptors (Lipinski definition) is 6. The molecular weight excluding hydrogens is 306 g/mol. The lowest BCUT2D eigenvalue weighted by Gasteiger charge is -2.13. The maximum Gasteiger partial charge on any atom is 0.178 e. The highest BCUT2D eigenvalue weighted by Gasteiger charge is 2.11. The minimum absolute atomic E-state index is 0.154. The lowest BCUT2D eigenvalue weighted by molar-refractivity contribution is 0.190. The van der Waals surface area contributed by atoms with E-state index in [0.717, 1.165) is 17.2 Å². The zero-order valence-corrected chi connectivity index (χ0v) is 13.8. The Bertz CT molecular complexity index is 806. The summed E-state index contributed by atoms with van der Waals surface area (Å²) in [6.45, 7) is 2.63. The monoisotopic (exact) mass is 327 g/mol. The molecule has 1 unspecified atom stereocenters. The average molecular weight is 327 g/mol. The number of nitrogens with zero attached hydrogens (tertiary/aromatic N) is 4. The zero-order valence-electron chi connectivity index (χ0n) is 13.8. The standard InChI is InChI=1S/C17H21N5O2/c1-12(11-24-2)18-15-8-9-16-19-20-17(22(16)21-15)10-13-4-3-5-14(23)7-6-13/h4-9,12,23H,3,10-11H2,1-2H3,(H,18,21). The Kier molecular flexibility index (Phi) is 4.90. The molecule has 0 radical (unpaired) electrons. The smallest absolute Gasteiger partial charge is 0.178 e. The van der Waals surface area contributed by atoms with Crippen molar-refractivity contribution in [3.63, 3.8) is 0 Å². The molecule has 0 fully saturated rings. The summed E-state index contributed by atoms with van der Waals surface area (Å²) in [5.41, 5.74) is 1.77. The van der Waals surface area contributed by atoms with Crippen molar-refractivity contribution in [3.05, 3.63) is 53.6 Å². The second-order valence-corrected chi connectivity index (χ2v) is 5.76. The molecule has 1 aliphatic carbocycles. The third-order valence-corrected chi connectivity index (χ3v) is 3.68. The summed E-state index contributed by atoms with van der Waals surface area (Å²) in [6, 6.07) is 3.92. The van der Waals surface area contributed by atoms with Crippen molar-refractivity contribution >= 4 is 11.5 Å². The van der Waals surface area contributed by atoms with E-state index >= 15 is 0 Å². The van der Waals surface area contributed by atoms with Crippen LogP contribution in [-0.4, -0.2) is 44.7 Å². The molecule has 3 rings (SSSR count). The van der Waals surface area contributed by atoms with E-state index in [1.54, 1.807) is 23.8 Å². The second-order valence-electron chi connectivity index (χ2n) is 5.76. The van der Waals surface area contributed by atoms with E-state index in [-0.39, 0.29) is 11.8 Å². The van der Waals surface area contributed by atoms with Gasteiger partial charge < -0.3 is 15.2 Å². The van der Waals surface area contributed by atoms with Crippen LogP contribution in [0, 0.1) is 0 Å². The van der Waals surface area contributed by atoms with Gasteiger partial charge in [0.15, 0.2) is 11.5 Å². The summed E-state index contributed by atoms with van der Waals surface area (Å²) >= 11 is 0. The SMILES string of the molecule is COCC(C)Nc1ccc2nnc(CC3=CCC=C(O)C=C3)n2n1. The van der Waals surface area contributed by atoms with Gasteiger partial charge in [0, 0.05) is 19.6 Å². The number of aliphatic hydroxyl groups is 1. The van der Waals surface area contributed by atoms with Crippen LogP contribution in [0.15, 0.2) is 47.8 Å². The van der Waals surface area contributed by atoms with Gasteiger partial charge in [-0.25, -0.2) is 0 Å². The lowest BCUT2D eigenvalue weighted by atomic mass is 10.1. The molecule has 2 aromatic rings. The number of aliphatic hydroxyl groups excluding tert-OH is 1. The molecule has 0 saturated carbocycles. The van der Waals surface area contributed by atoms with Crippen LogP contribution >= 0.6 is 0 Å². The summed E-state index contributed by atoms with van der Waals surface area (Å²) in [7, 11) is 1.67. The van der Waals surface area contributed by atoms with Crippen LogP contribution in [0.3, 0.4) is 0 Å². The first-order chi connectivity index (χ1) is 11.7. The zero-order chi connectivity index (χ0) is 16.9. The molecule has 0 bridgehead atoms. The van der Waals surface area contributed by atoms with E-state index in [1.807, 2.05) is 25.1 Å². The fourth-order valence-electron chi connectivity index (χ4n) is 2.54. The van der Waals surface area contributed by atoms with Crippen molar-refractivity contribution in [3.8, 4) is 0 Å². The van der Waals surface area contributed by atoms with E-state index in [1.165, 1.54) is 0 Å². The normalized spacial score (nSPS) is 15.8. The van der Waals surface area contributed by atoms with Crippen LogP contribution in [0.2, 0.25) is 0 Å². The molecule has 1 aliphatic rings. The third-order valence-electron chi connectivity index (χ3n) is 3.68. The molecule has 2 aromatic heterocycles. The van der Waals surface area contributed by atoms with Gasteiger partial charge in [0.25, 0.3) is 0 Å². The number of fused-ring (bicyclic) bond motifs is 1. The van der Waals surface area contributed by atoms with Gasteiger partial charge in [-0.3, -0.25) is 0 Å². The fraction of sp³-hybridized carbons (Fsp3) is 0.353. The lowest BCUT2D eigenvalue weighted by Crippen LogP contribution is -2.22. The molecule has 0 spiro atoms.